The molecule has 1 aromatic carbocycles. The van der Waals surface area contributed by atoms with Crippen molar-refractivity contribution < 1.29 is 14.6 Å². The first-order valence-corrected chi connectivity index (χ1v) is 6.50. The lowest BCUT2D eigenvalue weighted by atomic mass is 10.0. The highest BCUT2D eigenvalue weighted by molar-refractivity contribution is 5.88. The minimum Gasteiger partial charge on any atom is -0.292 e. The van der Waals surface area contributed by atoms with Crippen LogP contribution in [0.3, 0.4) is 0 Å². The zero-order valence-corrected chi connectivity index (χ0v) is 10.9. The van der Waals surface area contributed by atoms with Crippen molar-refractivity contribution in [1.29, 1.82) is 0 Å². The molecular formula is C15H19O3. The minimum atomic E-state index is -0.426. The summed E-state index contributed by atoms with van der Waals surface area (Å²) in [5.74, 6) is 0.0325. The van der Waals surface area contributed by atoms with E-state index in [0.29, 0.717) is 11.5 Å². The molecule has 0 unspecified atom stereocenters. The molecule has 0 N–H and O–H groups in total. The highest BCUT2D eigenvalue weighted by Crippen LogP contribution is 2.28. The van der Waals surface area contributed by atoms with E-state index in [-0.39, 0.29) is 0 Å². The fourth-order valence-electron chi connectivity index (χ4n) is 2.00. The van der Waals surface area contributed by atoms with Crippen LogP contribution in [0, 0.1) is 6.10 Å². The van der Waals surface area contributed by atoms with Crippen LogP contribution < -0.4 is 0 Å². The molecule has 1 aliphatic rings. The molecule has 1 fully saturated rings. The summed E-state index contributed by atoms with van der Waals surface area (Å²) in [4.78, 5) is 21.6. The Labute approximate surface area is 108 Å². The first kappa shape index (κ1) is 13.1. The van der Waals surface area contributed by atoms with E-state index in [2.05, 4.69) is 13.8 Å². The van der Waals surface area contributed by atoms with Gasteiger partial charge in [-0.05, 0) is 36.5 Å². The van der Waals surface area contributed by atoms with E-state index in [1.807, 2.05) is 12.1 Å². The first-order valence-electron chi connectivity index (χ1n) is 6.50. The van der Waals surface area contributed by atoms with Gasteiger partial charge in [-0.1, -0.05) is 38.8 Å². The number of carbonyl (C=O) groups excluding carboxylic acids is 1. The fourth-order valence-corrected chi connectivity index (χ4v) is 2.00. The first-order chi connectivity index (χ1) is 8.66. The predicted molar refractivity (Wildman–Crippen MR) is 68.7 cm³/mol. The molecule has 0 saturated heterocycles. The minimum absolute atomic E-state index is 0.426. The Kier molecular flexibility index (Phi) is 4.37. The Morgan fingerprint density at radius 2 is 1.72 bits per heavy atom. The van der Waals surface area contributed by atoms with Crippen molar-refractivity contribution in [2.24, 2.45) is 0 Å². The van der Waals surface area contributed by atoms with Crippen molar-refractivity contribution in [2.75, 3.05) is 0 Å². The van der Waals surface area contributed by atoms with Crippen LogP contribution in [0.4, 0.5) is 0 Å². The summed E-state index contributed by atoms with van der Waals surface area (Å²) in [5.41, 5.74) is 1.73. The van der Waals surface area contributed by atoms with Gasteiger partial charge >= 0.3 is 5.97 Å². The molecule has 0 amide bonds. The van der Waals surface area contributed by atoms with Crippen molar-refractivity contribution >= 4 is 5.97 Å². The molecule has 97 valence electrons. The lowest BCUT2D eigenvalue weighted by Gasteiger charge is -2.09. The van der Waals surface area contributed by atoms with E-state index in [9.17, 15) is 4.79 Å². The van der Waals surface area contributed by atoms with Crippen LogP contribution in [0.15, 0.2) is 24.3 Å². The van der Waals surface area contributed by atoms with Gasteiger partial charge in [0.1, 0.15) is 6.10 Å². The van der Waals surface area contributed by atoms with Gasteiger partial charge in [0.2, 0.25) is 0 Å². The van der Waals surface area contributed by atoms with Crippen LogP contribution in [0.25, 0.3) is 0 Å². The summed E-state index contributed by atoms with van der Waals surface area (Å²) < 4.78 is 0. The van der Waals surface area contributed by atoms with Gasteiger partial charge in [0.25, 0.3) is 0 Å². The van der Waals surface area contributed by atoms with Gasteiger partial charge in [0, 0.05) is 0 Å². The average molecular weight is 247 g/mol. The lowest BCUT2D eigenvalue weighted by molar-refractivity contribution is -0.234. The van der Waals surface area contributed by atoms with Crippen LogP contribution in [-0.4, -0.2) is 5.97 Å². The van der Waals surface area contributed by atoms with Crippen LogP contribution in [-0.2, 0) is 9.78 Å². The summed E-state index contributed by atoms with van der Waals surface area (Å²) in [5, 5.41) is 0. The normalized spacial score (nSPS) is 16.2. The topological polar surface area (TPSA) is 35.5 Å². The lowest BCUT2D eigenvalue weighted by Crippen LogP contribution is -2.08. The van der Waals surface area contributed by atoms with Crippen LogP contribution in [0.5, 0.6) is 0 Å². The summed E-state index contributed by atoms with van der Waals surface area (Å²) in [6.45, 7) is 4.24. The average Bonchev–Trinajstić information content (AvgIpc) is 2.89. The third kappa shape index (κ3) is 3.33. The molecular weight excluding hydrogens is 228 g/mol. The smallest absolute Gasteiger partial charge is 0.292 e. The van der Waals surface area contributed by atoms with E-state index in [4.69, 9.17) is 9.78 Å². The SMILES string of the molecule is CC(C)c1ccc(C(=O)OO[C]2CCCC2)cc1. The van der Waals surface area contributed by atoms with Gasteiger partial charge in [-0.15, -0.1) is 0 Å². The Balaban J connectivity index is 1.87. The van der Waals surface area contributed by atoms with Gasteiger partial charge in [-0.3, -0.25) is 4.89 Å². The van der Waals surface area contributed by atoms with Crippen molar-refractivity contribution in [3.63, 3.8) is 0 Å². The Bertz CT molecular complexity index is 389. The van der Waals surface area contributed by atoms with Gasteiger partial charge < -0.3 is 0 Å². The number of hydrogen-bond donors (Lipinski definition) is 0. The molecule has 0 heterocycles. The quantitative estimate of drug-likeness (QED) is 0.595. The maximum atomic E-state index is 11.7. The summed E-state index contributed by atoms with van der Waals surface area (Å²) in [7, 11) is 0. The molecule has 0 bridgehead atoms. The van der Waals surface area contributed by atoms with Crippen molar-refractivity contribution in [3.8, 4) is 0 Å². The van der Waals surface area contributed by atoms with Crippen molar-refractivity contribution in [2.45, 2.75) is 45.4 Å². The van der Waals surface area contributed by atoms with Crippen LogP contribution in [0.2, 0.25) is 0 Å². The molecule has 0 atom stereocenters. The molecule has 3 nitrogen and oxygen atoms in total. The molecule has 18 heavy (non-hydrogen) atoms. The Hall–Kier alpha value is -1.35. The van der Waals surface area contributed by atoms with E-state index in [1.165, 1.54) is 5.56 Å². The molecule has 0 aromatic heterocycles. The third-order valence-corrected chi connectivity index (χ3v) is 3.21. The van der Waals surface area contributed by atoms with Gasteiger partial charge in [-0.2, -0.15) is 4.89 Å². The summed E-state index contributed by atoms with van der Waals surface area (Å²) in [6.07, 6.45) is 4.92. The maximum absolute atomic E-state index is 11.7. The molecule has 0 aliphatic heterocycles. The molecule has 1 aliphatic carbocycles. The van der Waals surface area contributed by atoms with Gasteiger partial charge in [-0.25, -0.2) is 4.79 Å². The highest BCUT2D eigenvalue weighted by atomic mass is 17.2. The number of carbonyl (C=O) groups is 1. The fraction of sp³-hybridized carbons (Fsp3) is 0.467. The molecule has 3 heteroatoms. The van der Waals surface area contributed by atoms with E-state index in [0.717, 1.165) is 31.8 Å². The van der Waals surface area contributed by atoms with Gasteiger partial charge in [0.05, 0.1) is 5.56 Å². The zero-order chi connectivity index (χ0) is 13.0. The standard InChI is InChI=1S/C15H19O3/c1-11(2)12-7-9-13(10-8-12)15(16)18-17-14-5-3-4-6-14/h7-11H,3-6H2,1-2H3. The van der Waals surface area contributed by atoms with Crippen LogP contribution >= 0.6 is 0 Å². The summed E-state index contributed by atoms with van der Waals surface area (Å²) >= 11 is 0. The summed E-state index contributed by atoms with van der Waals surface area (Å²) in [6, 6.07) is 7.45. The van der Waals surface area contributed by atoms with Crippen molar-refractivity contribution in [3.05, 3.63) is 41.5 Å². The number of benzene rings is 1. The monoisotopic (exact) mass is 247 g/mol. The maximum Gasteiger partial charge on any atom is 0.373 e. The van der Waals surface area contributed by atoms with Crippen molar-refractivity contribution in [1.82, 2.24) is 0 Å². The largest absolute Gasteiger partial charge is 0.373 e. The number of hydrogen-bond acceptors (Lipinski definition) is 3. The zero-order valence-electron chi connectivity index (χ0n) is 10.9. The highest BCUT2D eigenvalue weighted by Gasteiger charge is 2.20. The molecule has 1 saturated carbocycles. The number of rotatable bonds is 4. The van der Waals surface area contributed by atoms with E-state index >= 15 is 0 Å². The van der Waals surface area contributed by atoms with E-state index in [1.54, 1.807) is 12.1 Å². The van der Waals surface area contributed by atoms with Crippen LogP contribution in [0.1, 0.15) is 61.4 Å². The molecule has 0 spiro atoms. The van der Waals surface area contributed by atoms with Gasteiger partial charge in [0.15, 0.2) is 0 Å². The molecule has 1 aromatic rings. The molecule has 1 radical (unpaired) electrons. The second-order valence-electron chi connectivity index (χ2n) is 4.98. The second kappa shape index (κ2) is 6.01. The molecule has 2 rings (SSSR count). The second-order valence-corrected chi connectivity index (χ2v) is 4.98. The predicted octanol–water partition coefficient (Wildman–Crippen LogP) is 4.00. The van der Waals surface area contributed by atoms with E-state index < -0.39 is 5.97 Å². The third-order valence-electron chi connectivity index (χ3n) is 3.21. The Morgan fingerprint density at radius 3 is 2.28 bits per heavy atom. The Morgan fingerprint density at radius 1 is 1.11 bits per heavy atom.